The van der Waals surface area contributed by atoms with E-state index >= 15 is 0 Å². The number of hydrogen-bond donors (Lipinski definition) is 3. The van der Waals surface area contributed by atoms with E-state index in [4.69, 9.17) is 5.73 Å². The van der Waals surface area contributed by atoms with Gasteiger partial charge in [0, 0.05) is 25.6 Å². The van der Waals surface area contributed by atoms with Crippen LogP contribution in [0.1, 0.15) is 22.3 Å². The Labute approximate surface area is 107 Å². The molecule has 5 heteroatoms. The normalized spacial score (nSPS) is 9.89. The predicted molar refractivity (Wildman–Crippen MR) is 70.2 cm³/mol. The van der Waals surface area contributed by atoms with Gasteiger partial charge in [0.25, 0.3) is 5.91 Å². The third kappa shape index (κ3) is 4.55. The van der Waals surface area contributed by atoms with Crippen molar-refractivity contribution in [3.63, 3.8) is 0 Å². The van der Waals surface area contributed by atoms with Gasteiger partial charge in [-0.3, -0.25) is 9.59 Å². The van der Waals surface area contributed by atoms with E-state index in [2.05, 4.69) is 10.6 Å². The van der Waals surface area contributed by atoms with Gasteiger partial charge in [-0.2, -0.15) is 0 Å². The van der Waals surface area contributed by atoms with Crippen LogP contribution in [0.5, 0.6) is 0 Å². The SMILES string of the molecule is CNC(=O)CCNC(=O)c1cccc(CCN)c1. The van der Waals surface area contributed by atoms with Gasteiger partial charge < -0.3 is 16.4 Å². The van der Waals surface area contributed by atoms with E-state index in [1.165, 1.54) is 0 Å². The Kier molecular flexibility index (Phi) is 5.87. The largest absolute Gasteiger partial charge is 0.359 e. The summed E-state index contributed by atoms with van der Waals surface area (Å²) in [5.74, 6) is -0.259. The van der Waals surface area contributed by atoms with E-state index in [1.807, 2.05) is 18.2 Å². The quantitative estimate of drug-likeness (QED) is 0.666. The molecule has 0 unspecified atom stereocenters. The number of nitrogens with one attached hydrogen (secondary N) is 2. The molecule has 0 saturated heterocycles. The molecule has 4 N–H and O–H groups in total. The molecule has 2 amide bonds. The van der Waals surface area contributed by atoms with Crippen molar-refractivity contribution in [3.05, 3.63) is 35.4 Å². The first-order valence-corrected chi connectivity index (χ1v) is 5.95. The first kappa shape index (κ1) is 14.2. The molecule has 0 aliphatic carbocycles. The lowest BCUT2D eigenvalue weighted by molar-refractivity contribution is -0.120. The zero-order chi connectivity index (χ0) is 13.4. The maximum atomic E-state index is 11.8. The lowest BCUT2D eigenvalue weighted by Crippen LogP contribution is -2.29. The van der Waals surface area contributed by atoms with Gasteiger partial charge >= 0.3 is 0 Å². The second-order valence-electron chi connectivity index (χ2n) is 3.92. The van der Waals surface area contributed by atoms with Crippen molar-refractivity contribution >= 4 is 11.8 Å². The van der Waals surface area contributed by atoms with Crippen LogP contribution in [0.3, 0.4) is 0 Å². The van der Waals surface area contributed by atoms with Gasteiger partial charge in [-0.05, 0) is 30.7 Å². The average molecular weight is 249 g/mol. The molecule has 0 aliphatic rings. The molecular weight excluding hydrogens is 230 g/mol. The molecule has 0 aliphatic heterocycles. The van der Waals surface area contributed by atoms with Crippen molar-refractivity contribution in [2.75, 3.05) is 20.1 Å². The van der Waals surface area contributed by atoms with Gasteiger partial charge in [0.1, 0.15) is 0 Å². The van der Waals surface area contributed by atoms with Crippen LogP contribution in [0.25, 0.3) is 0 Å². The Balaban J connectivity index is 2.50. The molecule has 0 heterocycles. The van der Waals surface area contributed by atoms with E-state index in [0.29, 0.717) is 18.7 Å². The summed E-state index contributed by atoms with van der Waals surface area (Å²) in [6.07, 6.45) is 1.03. The number of amides is 2. The zero-order valence-electron chi connectivity index (χ0n) is 10.5. The summed E-state index contributed by atoms with van der Waals surface area (Å²) < 4.78 is 0. The number of hydrogen-bond acceptors (Lipinski definition) is 3. The molecule has 0 bridgehead atoms. The summed E-state index contributed by atoms with van der Waals surface area (Å²) in [5, 5.41) is 5.20. The van der Waals surface area contributed by atoms with Crippen LogP contribution in [0.15, 0.2) is 24.3 Å². The summed E-state index contributed by atoms with van der Waals surface area (Å²) in [7, 11) is 1.57. The molecule has 0 spiro atoms. The molecule has 98 valence electrons. The van der Waals surface area contributed by atoms with Gasteiger partial charge in [0.15, 0.2) is 0 Å². The third-order valence-corrected chi connectivity index (χ3v) is 2.54. The molecule has 0 saturated carbocycles. The van der Waals surface area contributed by atoms with Crippen LogP contribution < -0.4 is 16.4 Å². The standard InChI is InChI=1S/C13H19N3O2/c1-15-12(17)6-8-16-13(18)11-4-2-3-10(9-11)5-7-14/h2-4,9H,5-8,14H2,1H3,(H,15,17)(H,16,18). The highest BCUT2D eigenvalue weighted by atomic mass is 16.2. The average Bonchev–Trinajstić information content (AvgIpc) is 2.39. The minimum absolute atomic E-state index is 0.0906. The lowest BCUT2D eigenvalue weighted by atomic mass is 10.1. The second-order valence-corrected chi connectivity index (χ2v) is 3.92. The predicted octanol–water partition coefficient (Wildman–Crippen LogP) is 0.0537. The molecule has 1 aromatic carbocycles. The van der Waals surface area contributed by atoms with Gasteiger partial charge in [0.2, 0.25) is 5.91 Å². The van der Waals surface area contributed by atoms with Crippen LogP contribution in [0, 0.1) is 0 Å². The highest BCUT2D eigenvalue weighted by Crippen LogP contribution is 2.05. The van der Waals surface area contributed by atoms with Crippen LogP contribution in [0.4, 0.5) is 0 Å². The van der Waals surface area contributed by atoms with Crippen molar-refractivity contribution in [1.29, 1.82) is 0 Å². The Morgan fingerprint density at radius 1 is 1.33 bits per heavy atom. The molecule has 18 heavy (non-hydrogen) atoms. The molecule has 1 rings (SSSR count). The van der Waals surface area contributed by atoms with Gasteiger partial charge in [-0.15, -0.1) is 0 Å². The number of carbonyl (C=O) groups is 2. The molecule has 0 atom stereocenters. The van der Waals surface area contributed by atoms with Crippen LogP contribution in [-0.4, -0.2) is 32.0 Å². The molecule has 0 fully saturated rings. The smallest absolute Gasteiger partial charge is 0.251 e. The summed E-state index contributed by atoms with van der Waals surface area (Å²) >= 11 is 0. The van der Waals surface area contributed by atoms with Gasteiger partial charge in [-0.25, -0.2) is 0 Å². The number of benzene rings is 1. The van der Waals surface area contributed by atoms with Crippen molar-refractivity contribution in [1.82, 2.24) is 10.6 Å². The van der Waals surface area contributed by atoms with Crippen molar-refractivity contribution in [2.24, 2.45) is 5.73 Å². The molecular formula is C13H19N3O2. The molecule has 5 nitrogen and oxygen atoms in total. The Bertz CT molecular complexity index is 418. The summed E-state index contributed by atoms with van der Waals surface area (Å²) in [4.78, 5) is 22.8. The molecule has 0 aromatic heterocycles. The van der Waals surface area contributed by atoms with Gasteiger partial charge in [-0.1, -0.05) is 12.1 Å². The van der Waals surface area contributed by atoms with E-state index in [1.54, 1.807) is 13.1 Å². The first-order valence-electron chi connectivity index (χ1n) is 5.95. The Morgan fingerprint density at radius 2 is 2.11 bits per heavy atom. The van der Waals surface area contributed by atoms with Crippen molar-refractivity contribution in [2.45, 2.75) is 12.8 Å². The first-order chi connectivity index (χ1) is 8.67. The monoisotopic (exact) mass is 249 g/mol. The van der Waals surface area contributed by atoms with E-state index < -0.39 is 0 Å². The van der Waals surface area contributed by atoms with E-state index in [-0.39, 0.29) is 18.2 Å². The van der Waals surface area contributed by atoms with E-state index in [9.17, 15) is 9.59 Å². The minimum atomic E-state index is -0.169. The number of carbonyl (C=O) groups excluding carboxylic acids is 2. The highest BCUT2D eigenvalue weighted by Gasteiger charge is 2.06. The van der Waals surface area contributed by atoms with Crippen LogP contribution in [-0.2, 0) is 11.2 Å². The van der Waals surface area contributed by atoms with E-state index in [0.717, 1.165) is 12.0 Å². The van der Waals surface area contributed by atoms with Crippen molar-refractivity contribution in [3.8, 4) is 0 Å². The van der Waals surface area contributed by atoms with Crippen LogP contribution in [0.2, 0.25) is 0 Å². The topological polar surface area (TPSA) is 84.2 Å². The summed E-state index contributed by atoms with van der Waals surface area (Å²) in [5.41, 5.74) is 7.10. The minimum Gasteiger partial charge on any atom is -0.359 e. The molecule has 1 aromatic rings. The zero-order valence-corrected chi connectivity index (χ0v) is 10.5. The highest BCUT2D eigenvalue weighted by molar-refractivity contribution is 5.94. The Morgan fingerprint density at radius 3 is 2.78 bits per heavy atom. The van der Waals surface area contributed by atoms with Gasteiger partial charge in [0.05, 0.1) is 0 Å². The Hall–Kier alpha value is -1.88. The summed E-state index contributed by atoms with van der Waals surface area (Å²) in [6, 6.07) is 7.34. The summed E-state index contributed by atoms with van der Waals surface area (Å²) in [6.45, 7) is 0.890. The maximum Gasteiger partial charge on any atom is 0.251 e. The fourth-order valence-corrected chi connectivity index (χ4v) is 1.55. The lowest BCUT2D eigenvalue weighted by Gasteiger charge is -2.06. The van der Waals surface area contributed by atoms with Crippen molar-refractivity contribution < 1.29 is 9.59 Å². The second kappa shape index (κ2) is 7.45. The number of rotatable bonds is 6. The fourth-order valence-electron chi connectivity index (χ4n) is 1.55. The van der Waals surface area contributed by atoms with Crippen LogP contribution >= 0.6 is 0 Å². The number of nitrogens with two attached hydrogens (primary N) is 1. The third-order valence-electron chi connectivity index (χ3n) is 2.54. The fraction of sp³-hybridized carbons (Fsp3) is 0.385. The molecule has 0 radical (unpaired) electrons. The maximum absolute atomic E-state index is 11.8.